The first-order valence-corrected chi connectivity index (χ1v) is 4.69. The summed E-state index contributed by atoms with van der Waals surface area (Å²) in [6, 6.07) is 8.12. The minimum atomic E-state index is 0. The molecule has 0 atom stereocenters. The third-order valence-electron chi connectivity index (χ3n) is 2.37. The van der Waals surface area contributed by atoms with E-state index in [-0.39, 0.29) is 12.4 Å². The molecule has 0 unspecified atom stereocenters. The molecule has 4 heteroatoms. The Labute approximate surface area is 95.1 Å². The van der Waals surface area contributed by atoms with Gasteiger partial charge in [-0.05, 0) is 30.2 Å². The van der Waals surface area contributed by atoms with Gasteiger partial charge in [-0.15, -0.1) is 12.4 Å². The number of aromatic nitrogens is 1. The Hall–Kier alpha value is -1.32. The highest BCUT2D eigenvalue weighted by atomic mass is 35.5. The van der Waals surface area contributed by atoms with Crippen molar-refractivity contribution in [2.45, 2.75) is 13.3 Å². The molecule has 15 heavy (non-hydrogen) atoms. The summed E-state index contributed by atoms with van der Waals surface area (Å²) in [4.78, 5) is 4.27. The lowest BCUT2D eigenvalue weighted by Gasteiger charge is -2.05. The summed E-state index contributed by atoms with van der Waals surface area (Å²) in [6.07, 6.45) is 2.78. The lowest BCUT2D eigenvalue weighted by molar-refractivity contribution is 1.14. The number of fused-ring (bicyclic) bond motifs is 1. The zero-order valence-electron chi connectivity index (χ0n) is 8.53. The zero-order valence-corrected chi connectivity index (χ0v) is 9.34. The summed E-state index contributed by atoms with van der Waals surface area (Å²) in [5.74, 6) is 5.43. The van der Waals surface area contributed by atoms with Gasteiger partial charge in [0.05, 0.1) is 11.2 Å². The number of nitrogen functional groups attached to an aromatic ring is 1. The van der Waals surface area contributed by atoms with E-state index in [4.69, 9.17) is 5.84 Å². The molecule has 2 aromatic rings. The van der Waals surface area contributed by atoms with Gasteiger partial charge in [-0.1, -0.05) is 13.0 Å². The number of aryl methyl sites for hydroxylation is 1. The number of hydrazine groups is 1. The van der Waals surface area contributed by atoms with Crippen LogP contribution in [0.2, 0.25) is 0 Å². The van der Waals surface area contributed by atoms with E-state index in [1.54, 1.807) is 6.20 Å². The standard InChI is InChI=1S/C11H13N3.ClH/c1-2-8-3-4-10-9(7-8)11(14-12)5-6-13-10;/h3-7H,2,12H2,1H3,(H,13,14);1H. The van der Waals surface area contributed by atoms with Gasteiger partial charge in [0.2, 0.25) is 0 Å². The second-order valence-electron chi connectivity index (χ2n) is 3.21. The maximum atomic E-state index is 5.43. The normalized spacial score (nSPS) is 9.73. The van der Waals surface area contributed by atoms with Crippen molar-refractivity contribution >= 4 is 29.0 Å². The lowest BCUT2D eigenvalue weighted by atomic mass is 10.1. The minimum absolute atomic E-state index is 0. The Balaban J connectivity index is 0.00000112. The van der Waals surface area contributed by atoms with Gasteiger partial charge in [0.15, 0.2) is 0 Å². The van der Waals surface area contributed by atoms with Gasteiger partial charge < -0.3 is 5.43 Å². The van der Waals surface area contributed by atoms with Crippen LogP contribution in [0, 0.1) is 0 Å². The molecular formula is C11H14ClN3. The van der Waals surface area contributed by atoms with Gasteiger partial charge in [0, 0.05) is 11.6 Å². The van der Waals surface area contributed by atoms with Gasteiger partial charge >= 0.3 is 0 Å². The van der Waals surface area contributed by atoms with Crippen molar-refractivity contribution in [2.24, 2.45) is 5.84 Å². The quantitative estimate of drug-likeness (QED) is 0.608. The van der Waals surface area contributed by atoms with Crippen LogP contribution in [0.4, 0.5) is 5.69 Å². The maximum Gasteiger partial charge on any atom is 0.0723 e. The van der Waals surface area contributed by atoms with E-state index in [9.17, 15) is 0 Å². The van der Waals surface area contributed by atoms with Crippen LogP contribution < -0.4 is 11.3 Å². The summed E-state index contributed by atoms with van der Waals surface area (Å²) in [7, 11) is 0. The van der Waals surface area contributed by atoms with E-state index in [0.717, 1.165) is 23.0 Å². The number of hydrogen-bond donors (Lipinski definition) is 2. The summed E-state index contributed by atoms with van der Waals surface area (Å²) < 4.78 is 0. The lowest BCUT2D eigenvalue weighted by Crippen LogP contribution is -2.07. The van der Waals surface area contributed by atoms with E-state index in [1.165, 1.54) is 5.56 Å². The summed E-state index contributed by atoms with van der Waals surface area (Å²) in [5, 5.41) is 1.08. The van der Waals surface area contributed by atoms with Crippen molar-refractivity contribution in [1.29, 1.82) is 0 Å². The highest BCUT2D eigenvalue weighted by molar-refractivity contribution is 5.91. The zero-order chi connectivity index (χ0) is 9.97. The Morgan fingerprint density at radius 3 is 2.80 bits per heavy atom. The Morgan fingerprint density at radius 1 is 1.33 bits per heavy atom. The number of anilines is 1. The third-order valence-corrected chi connectivity index (χ3v) is 2.37. The molecule has 1 aromatic heterocycles. The SMILES string of the molecule is CCc1ccc2nccc(NN)c2c1.Cl. The van der Waals surface area contributed by atoms with Gasteiger partial charge in [0.25, 0.3) is 0 Å². The van der Waals surface area contributed by atoms with E-state index in [0.29, 0.717) is 0 Å². The molecule has 0 fully saturated rings. The number of nitrogens with zero attached hydrogens (tertiary/aromatic N) is 1. The summed E-state index contributed by atoms with van der Waals surface area (Å²) in [6.45, 7) is 2.13. The van der Waals surface area contributed by atoms with Crippen LogP contribution in [0.5, 0.6) is 0 Å². The Bertz CT molecular complexity index is 457. The second-order valence-corrected chi connectivity index (χ2v) is 3.21. The van der Waals surface area contributed by atoms with Crippen molar-refractivity contribution in [3.63, 3.8) is 0 Å². The van der Waals surface area contributed by atoms with Crippen LogP contribution in [0.3, 0.4) is 0 Å². The molecule has 3 nitrogen and oxygen atoms in total. The molecule has 0 saturated heterocycles. The third kappa shape index (κ3) is 2.19. The van der Waals surface area contributed by atoms with E-state index in [1.807, 2.05) is 12.1 Å². The molecule has 0 aliphatic heterocycles. The van der Waals surface area contributed by atoms with Crippen molar-refractivity contribution in [2.75, 3.05) is 5.43 Å². The van der Waals surface area contributed by atoms with Crippen molar-refractivity contribution in [1.82, 2.24) is 4.98 Å². The van der Waals surface area contributed by atoms with Crippen LogP contribution in [0.25, 0.3) is 10.9 Å². The maximum absolute atomic E-state index is 5.43. The fraction of sp³-hybridized carbons (Fsp3) is 0.182. The molecular weight excluding hydrogens is 210 g/mol. The fourth-order valence-electron chi connectivity index (χ4n) is 1.54. The average molecular weight is 224 g/mol. The van der Waals surface area contributed by atoms with Crippen molar-refractivity contribution in [3.8, 4) is 0 Å². The number of pyridine rings is 1. The number of rotatable bonds is 2. The summed E-state index contributed by atoms with van der Waals surface area (Å²) in [5.41, 5.74) is 5.87. The van der Waals surface area contributed by atoms with E-state index < -0.39 is 0 Å². The van der Waals surface area contributed by atoms with Gasteiger partial charge in [-0.3, -0.25) is 10.8 Å². The highest BCUT2D eigenvalue weighted by Crippen LogP contribution is 2.21. The number of nitrogens with two attached hydrogens (primary N) is 1. The van der Waals surface area contributed by atoms with E-state index >= 15 is 0 Å². The molecule has 0 aliphatic rings. The van der Waals surface area contributed by atoms with Crippen LogP contribution in [-0.2, 0) is 6.42 Å². The summed E-state index contributed by atoms with van der Waals surface area (Å²) >= 11 is 0. The number of halogens is 1. The first kappa shape index (κ1) is 11.8. The number of benzene rings is 1. The molecule has 0 radical (unpaired) electrons. The fourth-order valence-corrected chi connectivity index (χ4v) is 1.54. The number of hydrogen-bond acceptors (Lipinski definition) is 3. The molecule has 0 saturated carbocycles. The van der Waals surface area contributed by atoms with Crippen LogP contribution in [0.15, 0.2) is 30.5 Å². The smallest absolute Gasteiger partial charge is 0.0723 e. The number of nitrogens with one attached hydrogen (secondary N) is 1. The molecule has 3 N–H and O–H groups in total. The van der Waals surface area contributed by atoms with Gasteiger partial charge in [-0.2, -0.15) is 0 Å². The van der Waals surface area contributed by atoms with Gasteiger partial charge in [-0.25, -0.2) is 0 Å². The molecule has 0 spiro atoms. The molecule has 80 valence electrons. The monoisotopic (exact) mass is 223 g/mol. The largest absolute Gasteiger partial charge is 0.323 e. The molecule has 0 bridgehead atoms. The average Bonchev–Trinajstić information content (AvgIpc) is 2.27. The molecule has 1 aromatic carbocycles. The molecule has 0 aliphatic carbocycles. The van der Waals surface area contributed by atoms with Crippen LogP contribution >= 0.6 is 12.4 Å². The highest BCUT2D eigenvalue weighted by Gasteiger charge is 2.00. The minimum Gasteiger partial charge on any atom is -0.323 e. The predicted octanol–water partition coefficient (Wildman–Crippen LogP) is 2.50. The van der Waals surface area contributed by atoms with E-state index in [2.05, 4.69) is 29.5 Å². The Morgan fingerprint density at radius 2 is 2.13 bits per heavy atom. The Kier molecular flexibility index (Phi) is 3.88. The topological polar surface area (TPSA) is 50.9 Å². The molecule has 1 heterocycles. The molecule has 2 rings (SSSR count). The molecule has 0 amide bonds. The van der Waals surface area contributed by atoms with Crippen molar-refractivity contribution < 1.29 is 0 Å². The second kappa shape index (κ2) is 4.96. The van der Waals surface area contributed by atoms with Crippen molar-refractivity contribution in [3.05, 3.63) is 36.0 Å². The predicted molar refractivity (Wildman–Crippen MR) is 66.2 cm³/mol. The van der Waals surface area contributed by atoms with Gasteiger partial charge in [0.1, 0.15) is 0 Å². The first-order chi connectivity index (χ1) is 6.85. The van der Waals surface area contributed by atoms with Crippen LogP contribution in [0.1, 0.15) is 12.5 Å². The van der Waals surface area contributed by atoms with Crippen LogP contribution in [-0.4, -0.2) is 4.98 Å². The first-order valence-electron chi connectivity index (χ1n) is 4.69.